The van der Waals surface area contributed by atoms with Gasteiger partial charge in [-0.1, -0.05) is 0 Å². The van der Waals surface area contributed by atoms with Crippen molar-refractivity contribution in [2.45, 2.75) is 12.3 Å². The molecule has 0 amide bonds. The maximum atomic E-state index is 13.4. The van der Waals surface area contributed by atoms with Crippen molar-refractivity contribution in [1.82, 2.24) is 10.3 Å². The van der Waals surface area contributed by atoms with Gasteiger partial charge in [0.05, 0.1) is 6.20 Å². The molecule has 1 aliphatic heterocycles. The summed E-state index contributed by atoms with van der Waals surface area (Å²) in [6.45, 7) is 2.17. The quantitative estimate of drug-likeness (QED) is 0.816. The van der Waals surface area contributed by atoms with Gasteiger partial charge in [0, 0.05) is 0 Å². The number of aromatic nitrogens is 1. The van der Waals surface area contributed by atoms with Gasteiger partial charge in [-0.25, -0.2) is 9.37 Å². The lowest BCUT2D eigenvalue weighted by Gasteiger charge is -2.25. The summed E-state index contributed by atoms with van der Waals surface area (Å²) < 4.78 is 13.4. The molecule has 4 rings (SSSR count). The van der Waals surface area contributed by atoms with Gasteiger partial charge in [-0.05, 0) is 60.7 Å². The third-order valence-electron chi connectivity index (χ3n) is 5.03. The maximum Gasteiger partial charge on any atom is 0.144 e. The fourth-order valence-corrected chi connectivity index (χ4v) is 4.39. The summed E-state index contributed by atoms with van der Waals surface area (Å²) in [4.78, 5) is 3.94. The zero-order valence-corrected chi connectivity index (χ0v) is 9.94. The zero-order valence-electron chi connectivity index (χ0n) is 9.94. The van der Waals surface area contributed by atoms with Crippen LogP contribution < -0.4 is 5.32 Å². The lowest BCUT2D eigenvalue weighted by Crippen LogP contribution is -2.33. The molecular formula is C14H14FN3. The van der Waals surface area contributed by atoms with E-state index in [-0.39, 0.29) is 5.82 Å². The molecule has 2 saturated carbocycles. The van der Waals surface area contributed by atoms with Gasteiger partial charge >= 0.3 is 0 Å². The molecule has 5 unspecified atom stereocenters. The largest absolute Gasteiger partial charge is 0.316 e. The van der Waals surface area contributed by atoms with Crippen LogP contribution in [-0.4, -0.2) is 18.1 Å². The van der Waals surface area contributed by atoms with Gasteiger partial charge in [0.2, 0.25) is 0 Å². The molecule has 3 fully saturated rings. The van der Waals surface area contributed by atoms with Crippen molar-refractivity contribution in [3.63, 3.8) is 0 Å². The number of fused-ring (bicyclic) bond motifs is 1. The Bertz CT molecular complexity index is 550. The number of rotatable bonds is 1. The van der Waals surface area contributed by atoms with E-state index in [0.717, 1.165) is 43.1 Å². The minimum absolute atomic E-state index is 0.323. The summed E-state index contributed by atoms with van der Waals surface area (Å²) >= 11 is 0. The van der Waals surface area contributed by atoms with Crippen LogP contribution in [0.25, 0.3) is 0 Å². The van der Waals surface area contributed by atoms with Crippen LogP contribution in [0.4, 0.5) is 4.39 Å². The van der Waals surface area contributed by atoms with Crippen LogP contribution in [0.3, 0.4) is 0 Å². The maximum absolute atomic E-state index is 13.4. The summed E-state index contributed by atoms with van der Waals surface area (Å²) in [6, 6.07) is 3.64. The smallest absolute Gasteiger partial charge is 0.144 e. The Morgan fingerprint density at radius 1 is 1.39 bits per heavy atom. The predicted octanol–water partition coefficient (Wildman–Crippen LogP) is 1.66. The first-order valence-electron chi connectivity index (χ1n) is 6.56. The highest BCUT2D eigenvalue weighted by molar-refractivity contribution is 5.38. The SMILES string of the molecule is N#Cc1ncc(F)cc1C1CC2CNCC3C2C13. The van der Waals surface area contributed by atoms with Crippen molar-refractivity contribution in [1.29, 1.82) is 5.26 Å². The van der Waals surface area contributed by atoms with E-state index < -0.39 is 0 Å². The predicted molar refractivity (Wildman–Crippen MR) is 63.1 cm³/mol. The van der Waals surface area contributed by atoms with Gasteiger partial charge in [0.1, 0.15) is 17.6 Å². The van der Waals surface area contributed by atoms with Crippen molar-refractivity contribution in [3.05, 3.63) is 29.3 Å². The van der Waals surface area contributed by atoms with Crippen molar-refractivity contribution in [3.8, 4) is 6.07 Å². The molecule has 2 heterocycles. The van der Waals surface area contributed by atoms with Crippen LogP contribution in [0.5, 0.6) is 0 Å². The van der Waals surface area contributed by atoms with Crippen molar-refractivity contribution in [2.24, 2.45) is 23.7 Å². The Morgan fingerprint density at radius 3 is 3.00 bits per heavy atom. The van der Waals surface area contributed by atoms with Gasteiger partial charge in [0.25, 0.3) is 0 Å². The fourth-order valence-electron chi connectivity index (χ4n) is 4.39. The summed E-state index contributed by atoms with van der Waals surface area (Å²) in [5.74, 6) is 2.96. The Balaban J connectivity index is 1.73. The van der Waals surface area contributed by atoms with E-state index in [1.165, 1.54) is 6.07 Å². The Labute approximate surface area is 105 Å². The van der Waals surface area contributed by atoms with Gasteiger partial charge in [0.15, 0.2) is 0 Å². The number of nitrogens with zero attached hydrogens (tertiary/aromatic N) is 2. The summed E-state index contributed by atoms with van der Waals surface area (Å²) in [7, 11) is 0. The average Bonchev–Trinajstić information content (AvgIpc) is 2.96. The molecule has 18 heavy (non-hydrogen) atoms. The zero-order chi connectivity index (χ0) is 12.3. The van der Waals surface area contributed by atoms with E-state index in [9.17, 15) is 4.39 Å². The highest BCUT2D eigenvalue weighted by Gasteiger charge is 2.63. The number of halogens is 1. The first kappa shape index (κ1) is 10.5. The van der Waals surface area contributed by atoms with E-state index in [1.807, 2.05) is 0 Å². The van der Waals surface area contributed by atoms with Gasteiger partial charge in [-0.15, -0.1) is 0 Å². The van der Waals surface area contributed by atoms with Crippen molar-refractivity contribution < 1.29 is 4.39 Å². The fraction of sp³-hybridized carbons (Fsp3) is 0.571. The number of hydrogen-bond acceptors (Lipinski definition) is 3. The first-order chi connectivity index (χ1) is 8.79. The number of pyridine rings is 1. The van der Waals surface area contributed by atoms with Gasteiger partial charge < -0.3 is 5.32 Å². The molecular weight excluding hydrogens is 229 g/mol. The molecule has 0 spiro atoms. The number of nitrogens with one attached hydrogen (secondary N) is 1. The number of nitriles is 1. The van der Waals surface area contributed by atoms with E-state index in [0.29, 0.717) is 23.4 Å². The minimum atomic E-state index is -0.323. The second-order valence-corrected chi connectivity index (χ2v) is 5.78. The highest BCUT2D eigenvalue weighted by Crippen LogP contribution is 2.67. The van der Waals surface area contributed by atoms with Crippen LogP contribution >= 0.6 is 0 Å². The summed E-state index contributed by atoms with van der Waals surface area (Å²) in [6.07, 6.45) is 2.22. The molecule has 3 aliphatic rings. The number of piperidine rings is 1. The third kappa shape index (κ3) is 1.28. The van der Waals surface area contributed by atoms with E-state index in [2.05, 4.69) is 16.4 Å². The molecule has 0 radical (unpaired) electrons. The third-order valence-corrected chi connectivity index (χ3v) is 5.03. The summed E-state index contributed by atoms with van der Waals surface area (Å²) in [5.41, 5.74) is 1.26. The molecule has 1 saturated heterocycles. The number of hydrogen-bond donors (Lipinski definition) is 1. The normalized spacial score (nSPS) is 40.1. The Morgan fingerprint density at radius 2 is 2.28 bits per heavy atom. The van der Waals surface area contributed by atoms with Crippen LogP contribution in [0.2, 0.25) is 0 Å². The Hall–Kier alpha value is -1.47. The monoisotopic (exact) mass is 243 g/mol. The first-order valence-corrected chi connectivity index (χ1v) is 6.56. The van der Waals surface area contributed by atoms with E-state index >= 15 is 0 Å². The van der Waals surface area contributed by atoms with Crippen LogP contribution in [0, 0.1) is 40.8 Å². The molecule has 5 atom stereocenters. The standard InChI is InChI=1S/C14H14FN3/c15-8-2-9(12(3-16)18-5-8)10-1-7-4-17-6-11-13(7)14(10)11/h2,5,7,10-11,13-14,17H,1,4,6H2. The second kappa shape index (κ2) is 3.52. The van der Waals surface area contributed by atoms with E-state index in [1.54, 1.807) is 0 Å². The minimum Gasteiger partial charge on any atom is -0.316 e. The van der Waals surface area contributed by atoms with E-state index in [4.69, 9.17) is 5.26 Å². The average molecular weight is 243 g/mol. The van der Waals surface area contributed by atoms with Gasteiger partial charge in [-0.2, -0.15) is 5.26 Å². The van der Waals surface area contributed by atoms with Gasteiger partial charge in [-0.3, -0.25) is 0 Å². The summed E-state index contributed by atoms with van der Waals surface area (Å²) in [5, 5.41) is 12.6. The molecule has 1 aromatic rings. The van der Waals surface area contributed by atoms with Crippen LogP contribution in [-0.2, 0) is 0 Å². The molecule has 3 nitrogen and oxygen atoms in total. The molecule has 1 N–H and O–H groups in total. The lowest BCUT2D eigenvalue weighted by molar-refractivity contribution is 0.331. The molecule has 2 aliphatic carbocycles. The molecule has 1 aromatic heterocycles. The molecule has 0 aromatic carbocycles. The second-order valence-electron chi connectivity index (χ2n) is 5.78. The molecule has 92 valence electrons. The van der Waals surface area contributed by atoms with Crippen LogP contribution in [0.1, 0.15) is 23.6 Å². The molecule has 4 heteroatoms. The van der Waals surface area contributed by atoms with Crippen molar-refractivity contribution >= 4 is 0 Å². The molecule has 0 bridgehead atoms. The highest BCUT2D eigenvalue weighted by atomic mass is 19.1. The van der Waals surface area contributed by atoms with Crippen LogP contribution in [0.15, 0.2) is 12.3 Å². The topological polar surface area (TPSA) is 48.7 Å². The lowest BCUT2D eigenvalue weighted by atomic mass is 9.86. The van der Waals surface area contributed by atoms with Crippen molar-refractivity contribution in [2.75, 3.05) is 13.1 Å². The Kier molecular flexibility index (Phi) is 2.04.